The molecule has 4 N–H and O–H groups in total. The van der Waals surface area contributed by atoms with Gasteiger partial charge in [0.05, 0.1) is 12.0 Å². The fraction of sp³-hybridized carbons (Fsp3) is 0.609. The molecular weight excluding hydrogens is 428 g/mol. The number of carbonyl (C=O) groups is 3. The number of Topliss-reactive ketones (excluding diaryl/α,β-unsaturated/α-hetero) is 1. The van der Waals surface area contributed by atoms with Crippen molar-refractivity contribution in [3.05, 3.63) is 23.8 Å². The number of aliphatic carboxylic acids is 1. The molecule has 1 fully saturated rings. The lowest BCUT2D eigenvalue weighted by atomic mass is 9.93. The third-order valence-corrected chi connectivity index (χ3v) is 12.6. The van der Waals surface area contributed by atoms with Crippen molar-refractivity contribution >= 4 is 31.9 Å². The van der Waals surface area contributed by atoms with Crippen molar-refractivity contribution in [1.82, 2.24) is 5.32 Å². The largest absolute Gasteiger partial charge is 0.543 e. The Hall–Kier alpha value is -2.55. The van der Waals surface area contributed by atoms with Gasteiger partial charge in [-0.3, -0.25) is 9.59 Å². The maximum atomic E-state index is 12.9. The molecule has 1 aliphatic heterocycles. The van der Waals surface area contributed by atoms with Crippen LogP contribution in [0.5, 0.6) is 5.75 Å². The van der Waals surface area contributed by atoms with Crippen LogP contribution < -0.4 is 15.5 Å². The number of anilines is 1. The summed E-state index contributed by atoms with van der Waals surface area (Å²) in [5.41, 5.74) is 8.00. The molecule has 2 rings (SSSR count). The van der Waals surface area contributed by atoms with Gasteiger partial charge in [0, 0.05) is 23.7 Å². The molecule has 0 bridgehead atoms. The van der Waals surface area contributed by atoms with Gasteiger partial charge in [-0.05, 0) is 35.7 Å². The molecule has 1 aromatic rings. The first-order valence-corrected chi connectivity index (χ1v) is 13.3. The summed E-state index contributed by atoms with van der Waals surface area (Å²) in [4.78, 5) is 35.9. The molecule has 1 saturated heterocycles. The van der Waals surface area contributed by atoms with Crippen LogP contribution in [0.1, 0.15) is 65.2 Å². The third-order valence-electron chi connectivity index (χ3n) is 6.56. The zero-order chi connectivity index (χ0) is 24.4. The van der Waals surface area contributed by atoms with Crippen LogP contribution in [0.2, 0.25) is 16.6 Å². The Labute approximate surface area is 191 Å². The summed E-state index contributed by atoms with van der Waals surface area (Å²) in [5.74, 6) is -1.69. The first kappa shape index (κ1) is 25.7. The van der Waals surface area contributed by atoms with Gasteiger partial charge in [-0.25, -0.2) is 4.79 Å². The molecule has 8 nitrogen and oxygen atoms in total. The van der Waals surface area contributed by atoms with Crippen LogP contribution >= 0.6 is 0 Å². The van der Waals surface area contributed by atoms with Crippen LogP contribution in [0.4, 0.5) is 10.5 Å². The Morgan fingerprint density at radius 1 is 1.12 bits per heavy atom. The summed E-state index contributed by atoms with van der Waals surface area (Å²) in [7, 11) is -2.17. The average molecular weight is 465 g/mol. The zero-order valence-electron chi connectivity index (χ0n) is 20.0. The molecule has 0 radical (unpaired) electrons. The summed E-state index contributed by atoms with van der Waals surface area (Å²) in [5, 5.41) is 11.8. The molecule has 0 spiro atoms. The molecule has 0 aromatic heterocycles. The minimum Gasteiger partial charge on any atom is -0.543 e. The zero-order valence-corrected chi connectivity index (χ0v) is 21.0. The van der Waals surface area contributed by atoms with E-state index in [4.69, 9.17) is 14.9 Å². The number of carbonyl (C=O) groups excluding carboxylic acids is 2. The number of ketones is 1. The molecule has 1 amide bonds. The highest BCUT2D eigenvalue weighted by Gasteiger charge is 2.47. The van der Waals surface area contributed by atoms with Crippen molar-refractivity contribution in [3.8, 4) is 5.75 Å². The van der Waals surface area contributed by atoms with Crippen LogP contribution in [0.25, 0.3) is 0 Å². The lowest BCUT2D eigenvalue weighted by molar-refractivity contribution is -0.144. The summed E-state index contributed by atoms with van der Waals surface area (Å²) in [6, 6.07) is 4.35. The molecule has 3 atom stereocenters. The number of nitrogens with two attached hydrogens (primary N) is 1. The van der Waals surface area contributed by atoms with Crippen molar-refractivity contribution in [3.63, 3.8) is 0 Å². The summed E-state index contributed by atoms with van der Waals surface area (Å²) in [6.07, 6.45) is -1.77. The third kappa shape index (κ3) is 5.08. The highest BCUT2D eigenvalue weighted by Crippen LogP contribution is 2.43. The second-order valence-corrected chi connectivity index (χ2v) is 14.9. The maximum absolute atomic E-state index is 12.9. The SMILES string of the molecule is CC(C)[Si](Oc1ccc(C(=O)C[C@H]2NC(=O)O[C@@H]2[C@H](C)C(=O)O)c(N)c1)(C(C)C)C(C)C. The van der Waals surface area contributed by atoms with Crippen LogP contribution in [-0.4, -0.2) is 43.4 Å². The average Bonchev–Trinajstić information content (AvgIpc) is 3.04. The number of rotatable bonds is 10. The summed E-state index contributed by atoms with van der Waals surface area (Å²) >= 11 is 0. The van der Waals surface area contributed by atoms with Crippen LogP contribution in [0.15, 0.2) is 18.2 Å². The Kier molecular flexibility index (Phi) is 7.98. The number of nitrogens with one attached hydrogen (secondary N) is 1. The number of alkyl carbamates (subject to hydrolysis) is 1. The molecule has 9 heteroatoms. The van der Waals surface area contributed by atoms with Crippen molar-refractivity contribution in [2.75, 3.05) is 5.73 Å². The quantitative estimate of drug-likeness (QED) is 0.262. The molecular formula is C23H36N2O6Si. The Bertz CT molecular complexity index is 848. The molecule has 1 heterocycles. The van der Waals surface area contributed by atoms with Crippen LogP contribution in [0, 0.1) is 5.92 Å². The van der Waals surface area contributed by atoms with E-state index in [2.05, 4.69) is 46.9 Å². The van der Waals surface area contributed by atoms with Gasteiger partial charge in [0.25, 0.3) is 8.32 Å². The number of hydrogen-bond acceptors (Lipinski definition) is 6. The van der Waals surface area contributed by atoms with Gasteiger partial charge in [-0.2, -0.15) is 0 Å². The molecule has 1 aromatic carbocycles. The van der Waals surface area contributed by atoms with Gasteiger partial charge in [-0.1, -0.05) is 41.5 Å². The van der Waals surface area contributed by atoms with Gasteiger partial charge in [0.15, 0.2) is 5.78 Å². The van der Waals surface area contributed by atoms with Gasteiger partial charge < -0.3 is 25.3 Å². The highest BCUT2D eigenvalue weighted by molar-refractivity contribution is 6.78. The van der Waals surface area contributed by atoms with E-state index in [1.165, 1.54) is 6.92 Å². The second-order valence-electron chi connectivity index (χ2n) is 9.54. The minimum atomic E-state index is -2.17. The molecule has 0 unspecified atom stereocenters. The highest BCUT2D eigenvalue weighted by atomic mass is 28.4. The summed E-state index contributed by atoms with van der Waals surface area (Å²) < 4.78 is 11.7. The standard InChI is InChI=1S/C23H36N2O6Si/c1-12(2)32(13(3)4,14(5)6)31-16-8-9-17(18(24)10-16)20(26)11-19-21(15(7)22(27)28)30-23(29)25-19/h8-10,12-15,19,21H,11,24H2,1-7H3,(H,25,29)(H,27,28)/t15-,19+,21+/m0/s1. The van der Waals surface area contributed by atoms with E-state index < -0.39 is 38.4 Å². The Balaban J connectivity index is 2.23. The van der Waals surface area contributed by atoms with Crippen LogP contribution in [-0.2, 0) is 9.53 Å². The number of amides is 1. The van der Waals surface area contributed by atoms with Crippen molar-refractivity contribution in [2.45, 2.75) is 83.7 Å². The van der Waals surface area contributed by atoms with E-state index in [1.807, 2.05) is 0 Å². The Morgan fingerprint density at radius 2 is 1.69 bits per heavy atom. The number of carboxylic acids is 1. The molecule has 0 aliphatic carbocycles. The van der Waals surface area contributed by atoms with Crippen molar-refractivity contribution in [2.24, 2.45) is 5.92 Å². The first-order valence-electron chi connectivity index (χ1n) is 11.1. The normalized spacial score (nSPS) is 19.8. The topological polar surface area (TPSA) is 128 Å². The lowest BCUT2D eigenvalue weighted by Gasteiger charge is -2.42. The van der Waals surface area contributed by atoms with E-state index >= 15 is 0 Å². The van der Waals surface area contributed by atoms with Gasteiger partial charge >= 0.3 is 12.1 Å². The monoisotopic (exact) mass is 464 g/mol. The Morgan fingerprint density at radius 3 is 2.16 bits per heavy atom. The van der Waals surface area contributed by atoms with E-state index in [9.17, 15) is 19.5 Å². The number of nitrogen functional groups attached to an aromatic ring is 1. The molecule has 0 saturated carbocycles. The molecule has 1 aliphatic rings. The second kappa shape index (κ2) is 9.93. The number of cyclic esters (lactones) is 1. The summed E-state index contributed by atoms with van der Waals surface area (Å²) in [6.45, 7) is 14.6. The number of carboxylic acid groups (broad SMARTS) is 1. The molecule has 178 valence electrons. The molecule has 32 heavy (non-hydrogen) atoms. The van der Waals surface area contributed by atoms with Gasteiger partial charge in [-0.15, -0.1) is 0 Å². The fourth-order valence-corrected chi connectivity index (χ4v) is 10.2. The van der Waals surface area contributed by atoms with Crippen LogP contribution in [0.3, 0.4) is 0 Å². The number of ether oxygens (including phenoxy) is 1. The predicted molar refractivity (Wildman–Crippen MR) is 125 cm³/mol. The smallest absolute Gasteiger partial charge is 0.407 e. The minimum absolute atomic E-state index is 0.110. The van der Waals surface area contributed by atoms with E-state index in [-0.39, 0.29) is 12.2 Å². The first-order chi connectivity index (χ1) is 14.8. The maximum Gasteiger partial charge on any atom is 0.407 e. The predicted octanol–water partition coefficient (Wildman–Crippen LogP) is 4.59. The van der Waals surface area contributed by atoms with E-state index in [0.29, 0.717) is 33.6 Å². The van der Waals surface area contributed by atoms with Gasteiger partial charge in [0.1, 0.15) is 11.9 Å². The lowest BCUT2D eigenvalue weighted by Crippen LogP contribution is -2.50. The van der Waals surface area contributed by atoms with Gasteiger partial charge in [0.2, 0.25) is 0 Å². The van der Waals surface area contributed by atoms with E-state index in [1.54, 1.807) is 18.2 Å². The van der Waals surface area contributed by atoms with Crippen molar-refractivity contribution in [1.29, 1.82) is 0 Å². The van der Waals surface area contributed by atoms with Crippen molar-refractivity contribution < 1.29 is 28.7 Å². The van der Waals surface area contributed by atoms with E-state index in [0.717, 1.165) is 0 Å². The number of hydrogen-bond donors (Lipinski definition) is 3. The fourth-order valence-electron chi connectivity index (χ4n) is 4.96. The number of benzene rings is 1.